The van der Waals surface area contributed by atoms with Crippen LogP contribution in [0.1, 0.15) is 37.6 Å². The Morgan fingerprint density at radius 3 is 2.58 bits per heavy atom. The minimum atomic E-state index is -0.533. The van der Waals surface area contributed by atoms with E-state index in [1.165, 1.54) is 4.88 Å². The van der Waals surface area contributed by atoms with Crippen LogP contribution in [0.4, 0.5) is 0 Å². The fraction of sp³-hybridized carbons (Fsp3) is 0.526. The third kappa shape index (κ3) is 6.23. The topological polar surface area (TPSA) is 54.4 Å². The van der Waals surface area contributed by atoms with Gasteiger partial charge in [-0.3, -0.25) is 0 Å². The summed E-state index contributed by atoms with van der Waals surface area (Å²) >= 11 is 1.77. The first-order valence-corrected chi connectivity index (χ1v) is 9.20. The third-order valence-electron chi connectivity index (χ3n) is 3.66. The molecule has 132 valence electrons. The molecule has 24 heavy (non-hydrogen) atoms. The van der Waals surface area contributed by atoms with E-state index in [2.05, 4.69) is 38.0 Å². The molecule has 0 bridgehead atoms. The van der Waals surface area contributed by atoms with E-state index in [9.17, 15) is 5.11 Å². The maximum atomic E-state index is 10.0. The van der Waals surface area contributed by atoms with E-state index in [4.69, 9.17) is 4.74 Å². The highest BCUT2D eigenvalue weighted by Gasteiger charge is 2.18. The number of thiazole rings is 1. The van der Waals surface area contributed by atoms with Gasteiger partial charge in [-0.05, 0) is 24.5 Å². The Morgan fingerprint density at radius 1 is 1.25 bits per heavy atom. The van der Waals surface area contributed by atoms with Crippen LogP contribution in [0.3, 0.4) is 0 Å². The quantitative estimate of drug-likeness (QED) is 0.768. The van der Waals surface area contributed by atoms with Gasteiger partial charge in [0.2, 0.25) is 0 Å². The zero-order valence-corrected chi connectivity index (χ0v) is 15.8. The lowest BCUT2D eigenvalue weighted by molar-refractivity contribution is 0.104. The van der Waals surface area contributed by atoms with E-state index in [0.717, 1.165) is 17.2 Å². The van der Waals surface area contributed by atoms with Crippen LogP contribution < -0.4 is 10.1 Å². The van der Waals surface area contributed by atoms with Gasteiger partial charge < -0.3 is 15.2 Å². The SMILES string of the molecule is CC(Cc1ncc(C(C)(C)C)s1)NCC(O)COc1ccccc1. The summed E-state index contributed by atoms with van der Waals surface area (Å²) in [5.41, 5.74) is 0.150. The number of nitrogens with zero attached hydrogens (tertiary/aromatic N) is 1. The number of aromatic nitrogens is 1. The van der Waals surface area contributed by atoms with Crippen molar-refractivity contribution in [3.63, 3.8) is 0 Å². The van der Waals surface area contributed by atoms with Crippen LogP contribution in [-0.2, 0) is 11.8 Å². The van der Waals surface area contributed by atoms with Crippen LogP contribution in [0.5, 0.6) is 5.75 Å². The maximum Gasteiger partial charge on any atom is 0.119 e. The molecule has 2 unspecified atom stereocenters. The largest absolute Gasteiger partial charge is 0.491 e. The number of aliphatic hydroxyl groups excluding tert-OH is 1. The fourth-order valence-electron chi connectivity index (χ4n) is 2.19. The van der Waals surface area contributed by atoms with Gasteiger partial charge in [0, 0.05) is 30.1 Å². The molecule has 0 saturated heterocycles. The van der Waals surface area contributed by atoms with Gasteiger partial charge in [0.25, 0.3) is 0 Å². The van der Waals surface area contributed by atoms with E-state index < -0.39 is 6.10 Å². The lowest BCUT2D eigenvalue weighted by atomic mass is 9.96. The first-order valence-electron chi connectivity index (χ1n) is 8.39. The minimum absolute atomic E-state index is 0.150. The molecule has 0 radical (unpaired) electrons. The number of ether oxygens (including phenoxy) is 1. The van der Waals surface area contributed by atoms with Gasteiger partial charge in [0.15, 0.2) is 0 Å². The molecular weight excluding hydrogens is 320 g/mol. The average molecular weight is 349 g/mol. The number of aliphatic hydroxyl groups is 1. The van der Waals surface area contributed by atoms with Crippen molar-refractivity contribution in [1.29, 1.82) is 0 Å². The van der Waals surface area contributed by atoms with Crippen molar-refractivity contribution in [2.24, 2.45) is 0 Å². The molecule has 0 saturated carbocycles. The van der Waals surface area contributed by atoms with Gasteiger partial charge in [-0.15, -0.1) is 11.3 Å². The molecule has 2 atom stereocenters. The zero-order valence-electron chi connectivity index (χ0n) is 15.0. The standard InChI is InChI=1S/C19H28N2O2S/c1-14(10-18-21-12-17(24-18)19(2,3)4)20-11-15(22)13-23-16-8-6-5-7-9-16/h5-9,12,14-15,20,22H,10-11,13H2,1-4H3. The molecular formula is C19H28N2O2S. The molecule has 1 heterocycles. The second kappa shape index (κ2) is 8.60. The van der Waals surface area contributed by atoms with E-state index in [1.54, 1.807) is 11.3 Å². The molecule has 0 aliphatic carbocycles. The second-order valence-corrected chi connectivity index (χ2v) is 8.27. The number of hydrogen-bond donors (Lipinski definition) is 2. The molecule has 0 aliphatic heterocycles. The summed E-state index contributed by atoms with van der Waals surface area (Å²) in [6.07, 6.45) is 2.32. The normalized spacial score (nSPS) is 14.4. The van der Waals surface area contributed by atoms with Crippen molar-refractivity contribution in [3.8, 4) is 5.75 Å². The van der Waals surface area contributed by atoms with E-state index in [0.29, 0.717) is 6.54 Å². The molecule has 4 nitrogen and oxygen atoms in total. The van der Waals surface area contributed by atoms with Crippen molar-refractivity contribution in [2.75, 3.05) is 13.2 Å². The number of para-hydroxylation sites is 1. The number of nitrogens with one attached hydrogen (secondary N) is 1. The summed E-state index contributed by atoms with van der Waals surface area (Å²) in [7, 11) is 0. The highest BCUT2D eigenvalue weighted by Crippen LogP contribution is 2.28. The summed E-state index contributed by atoms with van der Waals surface area (Å²) in [6, 6.07) is 9.81. The first kappa shape index (κ1) is 18.9. The molecule has 2 aromatic rings. The monoisotopic (exact) mass is 348 g/mol. The van der Waals surface area contributed by atoms with Crippen molar-refractivity contribution in [1.82, 2.24) is 10.3 Å². The van der Waals surface area contributed by atoms with Gasteiger partial charge in [-0.1, -0.05) is 39.0 Å². The molecule has 2 rings (SSSR count). The fourth-order valence-corrected chi connectivity index (χ4v) is 3.29. The van der Waals surface area contributed by atoms with Gasteiger partial charge in [-0.2, -0.15) is 0 Å². The Balaban J connectivity index is 1.70. The Bertz CT molecular complexity index is 607. The summed E-state index contributed by atoms with van der Waals surface area (Å²) < 4.78 is 5.56. The first-order chi connectivity index (χ1) is 11.3. The summed E-state index contributed by atoms with van der Waals surface area (Å²) in [4.78, 5) is 5.82. The Morgan fingerprint density at radius 2 is 1.96 bits per heavy atom. The second-order valence-electron chi connectivity index (χ2n) is 7.16. The smallest absolute Gasteiger partial charge is 0.119 e. The number of hydrogen-bond acceptors (Lipinski definition) is 5. The van der Waals surface area contributed by atoms with Crippen LogP contribution in [0.25, 0.3) is 0 Å². The highest BCUT2D eigenvalue weighted by atomic mass is 32.1. The summed E-state index contributed by atoms with van der Waals surface area (Å²) in [6.45, 7) is 9.52. The molecule has 1 aromatic heterocycles. The van der Waals surface area contributed by atoms with Crippen LogP contribution in [-0.4, -0.2) is 35.4 Å². The highest BCUT2D eigenvalue weighted by molar-refractivity contribution is 7.11. The lowest BCUT2D eigenvalue weighted by Crippen LogP contribution is -2.37. The van der Waals surface area contributed by atoms with Gasteiger partial charge >= 0.3 is 0 Å². The predicted octanol–water partition coefficient (Wildman–Crippen LogP) is 3.40. The summed E-state index contributed by atoms with van der Waals surface area (Å²) in [5.74, 6) is 0.780. The van der Waals surface area contributed by atoms with E-state index >= 15 is 0 Å². The number of benzene rings is 1. The van der Waals surface area contributed by atoms with Crippen molar-refractivity contribution < 1.29 is 9.84 Å². The van der Waals surface area contributed by atoms with Crippen molar-refractivity contribution in [2.45, 2.75) is 51.7 Å². The third-order valence-corrected chi connectivity index (χ3v) is 5.11. The van der Waals surface area contributed by atoms with Crippen molar-refractivity contribution in [3.05, 3.63) is 46.4 Å². The van der Waals surface area contributed by atoms with Gasteiger partial charge in [0.1, 0.15) is 18.5 Å². The van der Waals surface area contributed by atoms with Gasteiger partial charge in [-0.25, -0.2) is 4.98 Å². The average Bonchev–Trinajstić information content (AvgIpc) is 3.00. The molecule has 0 aliphatic rings. The number of rotatable bonds is 8. The molecule has 0 amide bonds. The van der Waals surface area contributed by atoms with E-state index in [-0.39, 0.29) is 18.1 Å². The Hall–Kier alpha value is -1.43. The Labute approximate surface area is 148 Å². The lowest BCUT2D eigenvalue weighted by Gasteiger charge is -2.17. The Kier molecular flexibility index (Phi) is 6.78. The molecule has 1 aromatic carbocycles. The van der Waals surface area contributed by atoms with E-state index in [1.807, 2.05) is 36.5 Å². The van der Waals surface area contributed by atoms with Crippen LogP contribution in [0, 0.1) is 0 Å². The zero-order chi connectivity index (χ0) is 17.6. The summed E-state index contributed by atoms with van der Waals surface area (Å²) in [5, 5.41) is 14.5. The maximum absolute atomic E-state index is 10.0. The molecule has 0 fully saturated rings. The van der Waals surface area contributed by atoms with Crippen LogP contribution in [0.15, 0.2) is 36.5 Å². The molecule has 0 spiro atoms. The molecule has 2 N–H and O–H groups in total. The predicted molar refractivity (Wildman–Crippen MR) is 99.9 cm³/mol. The van der Waals surface area contributed by atoms with Crippen LogP contribution >= 0.6 is 11.3 Å². The minimum Gasteiger partial charge on any atom is -0.491 e. The van der Waals surface area contributed by atoms with Gasteiger partial charge in [0.05, 0.1) is 5.01 Å². The van der Waals surface area contributed by atoms with Crippen molar-refractivity contribution >= 4 is 11.3 Å². The molecule has 5 heteroatoms. The van der Waals surface area contributed by atoms with Crippen LogP contribution in [0.2, 0.25) is 0 Å².